The molecule has 2 heterocycles. The topological polar surface area (TPSA) is 40.4 Å². The molecule has 2 bridgehead atoms. The van der Waals surface area contributed by atoms with E-state index in [0.29, 0.717) is 17.9 Å². The van der Waals surface area contributed by atoms with Gasteiger partial charge in [0.1, 0.15) is 11.7 Å². The van der Waals surface area contributed by atoms with Crippen LogP contribution in [0.2, 0.25) is 0 Å². The zero-order valence-electron chi connectivity index (χ0n) is 12.8. The molecule has 2 aliphatic heterocycles. The summed E-state index contributed by atoms with van der Waals surface area (Å²) in [7, 11) is 0. The van der Waals surface area contributed by atoms with Gasteiger partial charge in [0.2, 0.25) is 0 Å². The lowest BCUT2D eigenvalue weighted by Gasteiger charge is -2.51. The molecule has 4 aliphatic rings. The Kier molecular flexibility index (Phi) is 2.82. The van der Waals surface area contributed by atoms with Gasteiger partial charge in [0, 0.05) is 19.0 Å². The fraction of sp³-hybridized carbons (Fsp3) is 0.647. The molecule has 3 fully saturated rings. The first-order valence-electron chi connectivity index (χ1n) is 8.49. The summed E-state index contributed by atoms with van der Waals surface area (Å²) in [5.74, 6) is 1.39. The maximum absolute atomic E-state index is 5.60. The second-order valence-electron chi connectivity index (χ2n) is 6.95. The van der Waals surface area contributed by atoms with Crippen molar-refractivity contribution in [1.29, 1.82) is 0 Å². The summed E-state index contributed by atoms with van der Waals surface area (Å²) < 4.78 is 5.60. The molecular formula is C17H22N4O. The molecule has 0 amide bonds. The van der Waals surface area contributed by atoms with Crippen molar-refractivity contribution < 1.29 is 4.74 Å². The summed E-state index contributed by atoms with van der Waals surface area (Å²) in [5, 5.41) is 11.7. The van der Waals surface area contributed by atoms with E-state index in [1.165, 1.54) is 24.9 Å². The summed E-state index contributed by atoms with van der Waals surface area (Å²) in [5.41, 5.74) is 1.14. The predicted octanol–water partition coefficient (Wildman–Crippen LogP) is 2.70. The van der Waals surface area contributed by atoms with Crippen molar-refractivity contribution in [1.82, 2.24) is 4.90 Å². The molecule has 5 rings (SSSR count). The first kappa shape index (κ1) is 13.0. The van der Waals surface area contributed by atoms with E-state index in [2.05, 4.69) is 45.5 Å². The van der Waals surface area contributed by atoms with Crippen molar-refractivity contribution in [3.05, 3.63) is 30.3 Å². The molecule has 2 aliphatic carbocycles. The van der Waals surface area contributed by atoms with Gasteiger partial charge in [-0.2, -0.15) is 5.11 Å². The van der Waals surface area contributed by atoms with Gasteiger partial charge in [0.25, 0.3) is 0 Å². The standard InChI is InChI=1S/C17H22N4O/c1-2-4-15(5-3-1)21-17(20-8-10-22-11-9-20)14-7-6-13(12-14)16(17)18-19-21/h1-5,13-14,16H,6-12H2/t13-,14+,16+,17-/m0/s1. The maximum atomic E-state index is 5.60. The SMILES string of the molecule is c1ccc(N2N=N[C@@H]3[C@H]4CC[C@H](C4)[C@@]32N2CCOCC2)cc1. The molecule has 22 heavy (non-hydrogen) atoms. The number of ether oxygens (including phenoxy) is 1. The summed E-state index contributed by atoms with van der Waals surface area (Å²) in [6, 6.07) is 10.9. The van der Waals surface area contributed by atoms with Crippen molar-refractivity contribution in [3.8, 4) is 0 Å². The fourth-order valence-corrected chi connectivity index (χ4v) is 5.26. The van der Waals surface area contributed by atoms with E-state index in [1.54, 1.807) is 0 Å². The zero-order chi connectivity index (χ0) is 14.6. The predicted molar refractivity (Wildman–Crippen MR) is 83.5 cm³/mol. The Labute approximate surface area is 130 Å². The Balaban J connectivity index is 1.61. The van der Waals surface area contributed by atoms with Gasteiger partial charge in [-0.3, -0.25) is 4.90 Å². The lowest BCUT2D eigenvalue weighted by molar-refractivity contribution is -0.0465. The van der Waals surface area contributed by atoms with E-state index >= 15 is 0 Å². The van der Waals surface area contributed by atoms with Gasteiger partial charge >= 0.3 is 0 Å². The molecule has 0 spiro atoms. The average Bonchev–Trinajstić information content (AvgIpc) is 3.28. The number of para-hydroxylation sites is 1. The highest BCUT2D eigenvalue weighted by molar-refractivity contribution is 5.51. The molecule has 1 saturated heterocycles. The van der Waals surface area contributed by atoms with Crippen LogP contribution in [-0.4, -0.2) is 42.9 Å². The second kappa shape index (κ2) is 4.77. The van der Waals surface area contributed by atoms with E-state index in [9.17, 15) is 0 Å². The normalized spacial score (nSPS) is 40.4. The molecule has 0 aromatic heterocycles. The molecular weight excluding hydrogens is 276 g/mol. The van der Waals surface area contributed by atoms with E-state index in [1.807, 2.05) is 0 Å². The summed E-state index contributed by atoms with van der Waals surface area (Å²) >= 11 is 0. The molecule has 1 aromatic carbocycles. The number of rotatable bonds is 2. The third-order valence-electron chi connectivity index (χ3n) is 6.08. The van der Waals surface area contributed by atoms with Crippen LogP contribution in [0.25, 0.3) is 0 Å². The highest BCUT2D eigenvalue weighted by atomic mass is 16.5. The molecule has 5 nitrogen and oxygen atoms in total. The highest BCUT2D eigenvalue weighted by Crippen LogP contribution is 2.59. The number of nitrogens with zero attached hydrogens (tertiary/aromatic N) is 4. The van der Waals surface area contributed by atoms with Crippen LogP contribution in [0, 0.1) is 11.8 Å². The monoisotopic (exact) mass is 298 g/mol. The lowest BCUT2D eigenvalue weighted by Crippen LogP contribution is -2.67. The van der Waals surface area contributed by atoms with Crippen LogP contribution in [0.15, 0.2) is 40.7 Å². The largest absolute Gasteiger partial charge is 0.379 e. The van der Waals surface area contributed by atoms with Crippen LogP contribution in [0.4, 0.5) is 5.69 Å². The lowest BCUT2D eigenvalue weighted by atomic mass is 9.82. The number of morpholine rings is 1. The van der Waals surface area contributed by atoms with Crippen LogP contribution in [-0.2, 0) is 4.74 Å². The van der Waals surface area contributed by atoms with Gasteiger partial charge < -0.3 is 4.74 Å². The number of hydrogen-bond acceptors (Lipinski definition) is 5. The van der Waals surface area contributed by atoms with Crippen molar-refractivity contribution in [2.24, 2.45) is 22.2 Å². The van der Waals surface area contributed by atoms with Gasteiger partial charge in [-0.25, -0.2) is 5.01 Å². The minimum atomic E-state index is -0.0337. The average molecular weight is 298 g/mol. The van der Waals surface area contributed by atoms with Crippen molar-refractivity contribution in [2.45, 2.75) is 31.0 Å². The van der Waals surface area contributed by atoms with E-state index < -0.39 is 0 Å². The Morgan fingerprint density at radius 3 is 2.73 bits per heavy atom. The summed E-state index contributed by atoms with van der Waals surface area (Å²) in [6.45, 7) is 3.64. The molecule has 5 heteroatoms. The first-order valence-corrected chi connectivity index (χ1v) is 8.49. The molecule has 2 saturated carbocycles. The third kappa shape index (κ3) is 1.56. The Hall–Kier alpha value is -1.46. The van der Waals surface area contributed by atoms with Crippen LogP contribution in [0.3, 0.4) is 0 Å². The van der Waals surface area contributed by atoms with Crippen LogP contribution < -0.4 is 5.01 Å². The quantitative estimate of drug-likeness (QED) is 0.843. The van der Waals surface area contributed by atoms with Crippen molar-refractivity contribution in [3.63, 3.8) is 0 Å². The van der Waals surface area contributed by atoms with Crippen LogP contribution >= 0.6 is 0 Å². The summed E-state index contributed by atoms with van der Waals surface area (Å²) in [6.07, 6.45) is 3.94. The van der Waals surface area contributed by atoms with Crippen LogP contribution in [0.1, 0.15) is 19.3 Å². The molecule has 1 aromatic rings. The van der Waals surface area contributed by atoms with Crippen molar-refractivity contribution in [2.75, 3.05) is 31.3 Å². The highest BCUT2D eigenvalue weighted by Gasteiger charge is 2.67. The Morgan fingerprint density at radius 1 is 1.09 bits per heavy atom. The fourth-order valence-electron chi connectivity index (χ4n) is 5.26. The van der Waals surface area contributed by atoms with Gasteiger partial charge in [0.05, 0.1) is 18.9 Å². The number of hydrogen-bond donors (Lipinski definition) is 0. The Morgan fingerprint density at radius 2 is 1.91 bits per heavy atom. The first-order chi connectivity index (χ1) is 10.9. The van der Waals surface area contributed by atoms with E-state index in [0.717, 1.165) is 26.3 Å². The van der Waals surface area contributed by atoms with E-state index in [-0.39, 0.29) is 5.66 Å². The molecule has 0 N–H and O–H groups in total. The van der Waals surface area contributed by atoms with E-state index in [4.69, 9.17) is 9.85 Å². The smallest absolute Gasteiger partial charge is 0.145 e. The second-order valence-corrected chi connectivity index (χ2v) is 6.95. The number of fused-ring (bicyclic) bond motifs is 5. The minimum absolute atomic E-state index is 0.0337. The molecule has 0 radical (unpaired) electrons. The van der Waals surface area contributed by atoms with Gasteiger partial charge in [0.15, 0.2) is 0 Å². The van der Waals surface area contributed by atoms with Gasteiger partial charge in [-0.15, -0.1) is 0 Å². The molecule has 4 atom stereocenters. The zero-order valence-corrected chi connectivity index (χ0v) is 12.8. The summed E-state index contributed by atoms with van der Waals surface area (Å²) in [4.78, 5) is 2.62. The minimum Gasteiger partial charge on any atom is -0.379 e. The van der Waals surface area contributed by atoms with Gasteiger partial charge in [-0.05, 0) is 37.3 Å². The number of benzene rings is 1. The maximum Gasteiger partial charge on any atom is 0.145 e. The third-order valence-corrected chi connectivity index (χ3v) is 6.08. The van der Waals surface area contributed by atoms with Gasteiger partial charge in [-0.1, -0.05) is 23.4 Å². The van der Waals surface area contributed by atoms with Crippen LogP contribution in [0.5, 0.6) is 0 Å². The molecule has 116 valence electrons. The number of anilines is 1. The Bertz CT molecular complexity index is 586. The van der Waals surface area contributed by atoms with Crippen molar-refractivity contribution >= 4 is 5.69 Å². The molecule has 0 unspecified atom stereocenters.